The van der Waals surface area contributed by atoms with Crippen LogP contribution in [-0.4, -0.2) is 14.8 Å². The first-order chi connectivity index (χ1) is 5.84. The molecule has 3 nitrogen and oxygen atoms in total. The van der Waals surface area contributed by atoms with Gasteiger partial charge in [0.05, 0.1) is 0 Å². The number of rotatable bonds is 5. The zero-order valence-corrected chi connectivity index (χ0v) is 8.23. The molecule has 0 aliphatic heterocycles. The van der Waals surface area contributed by atoms with Gasteiger partial charge in [-0.15, -0.1) is 0 Å². The van der Waals surface area contributed by atoms with E-state index in [-0.39, 0.29) is 0 Å². The maximum atomic E-state index is 5.01. The molecule has 0 amide bonds. The summed E-state index contributed by atoms with van der Waals surface area (Å²) < 4.78 is 2.71. The Morgan fingerprint density at radius 1 is 1.50 bits per heavy atom. The number of H-pyrrole nitrogens is 1. The van der Waals surface area contributed by atoms with Crippen LogP contribution in [0.2, 0.25) is 0 Å². The lowest BCUT2D eigenvalue weighted by atomic mass is 10.2. The molecule has 12 heavy (non-hydrogen) atoms. The van der Waals surface area contributed by atoms with Crippen molar-refractivity contribution in [2.24, 2.45) is 0 Å². The quantitative estimate of drug-likeness (QED) is 0.565. The van der Waals surface area contributed by atoms with Crippen molar-refractivity contribution < 1.29 is 0 Å². The van der Waals surface area contributed by atoms with Crippen LogP contribution in [0.25, 0.3) is 0 Å². The summed E-state index contributed by atoms with van der Waals surface area (Å²) >= 11 is 5.01. The lowest BCUT2D eigenvalue weighted by Crippen LogP contribution is -1.95. The number of nitrogens with one attached hydrogen (secondary N) is 1. The van der Waals surface area contributed by atoms with Gasteiger partial charge >= 0.3 is 0 Å². The fourth-order valence-corrected chi connectivity index (χ4v) is 1.33. The number of hydrogen-bond donors (Lipinski definition) is 1. The first-order valence-electron chi connectivity index (χ1n) is 4.44. The van der Waals surface area contributed by atoms with Crippen LogP contribution in [0.4, 0.5) is 0 Å². The monoisotopic (exact) mass is 185 g/mol. The second kappa shape index (κ2) is 5.09. The van der Waals surface area contributed by atoms with Crippen molar-refractivity contribution >= 4 is 12.2 Å². The molecule has 0 atom stereocenters. The lowest BCUT2D eigenvalue weighted by Gasteiger charge is -1.99. The van der Waals surface area contributed by atoms with Crippen molar-refractivity contribution in [1.82, 2.24) is 14.8 Å². The molecule has 0 spiro atoms. The average molecular weight is 185 g/mol. The molecule has 0 fully saturated rings. The number of hydrogen-bond acceptors (Lipinski definition) is 2. The molecule has 0 aliphatic rings. The molecule has 1 aromatic heterocycles. The minimum Gasteiger partial charge on any atom is -0.307 e. The van der Waals surface area contributed by atoms with Gasteiger partial charge < -0.3 is 4.57 Å². The molecule has 0 saturated heterocycles. The Morgan fingerprint density at radius 2 is 2.33 bits per heavy atom. The zero-order valence-electron chi connectivity index (χ0n) is 7.42. The van der Waals surface area contributed by atoms with Gasteiger partial charge in [0.2, 0.25) is 0 Å². The molecule has 0 bridgehead atoms. The summed E-state index contributed by atoms with van der Waals surface area (Å²) in [6, 6.07) is 0. The number of aryl methyl sites for hydroxylation is 1. The predicted octanol–water partition coefficient (Wildman–Crippen LogP) is 2.52. The SMILES string of the molecule is CCCCCCn1cn[nH]c1=S. The van der Waals surface area contributed by atoms with E-state index in [2.05, 4.69) is 17.1 Å². The molecule has 0 radical (unpaired) electrons. The Hall–Kier alpha value is -0.640. The minimum atomic E-state index is 0.728. The summed E-state index contributed by atoms with van der Waals surface area (Å²) in [5, 5.41) is 6.59. The molecule has 1 rings (SSSR count). The molecule has 0 aliphatic carbocycles. The van der Waals surface area contributed by atoms with E-state index in [0.29, 0.717) is 0 Å². The maximum absolute atomic E-state index is 5.01. The van der Waals surface area contributed by atoms with E-state index in [1.165, 1.54) is 25.7 Å². The third-order valence-electron chi connectivity index (χ3n) is 1.87. The Labute approximate surface area is 77.8 Å². The van der Waals surface area contributed by atoms with Crippen LogP contribution >= 0.6 is 12.2 Å². The normalized spacial score (nSPS) is 10.4. The third kappa shape index (κ3) is 2.77. The summed E-state index contributed by atoms with van der Waals surface area (Å²) in [6.07, 6.45) is 6.82. The Kier molecular flexibility index (Phi) is 4.00. The van der Waals surface area contributed by atoms with Gasteiger partial charge in [0.1, 0.15) is 6.33 Å². The van der Waals surface area contributed by atoms with Gasteiger partial charge in [-0.05, 0) is 18.6 Å². The van der Waals surface area contributed by atoms with Crippen molar-refractivity contribution in [2.45, 2.75) is 39.2 Å². The van der Waals surface area contributed by atoms with Crippen LogP contribution in [0.1, 0.15) is 32.6 Å². The average Bonchev–Trinajstić information content (AvgIpc) is 2.46. The number of aromatic nitrogens is 3. The first-order valence-corrected chi connectivity index (χ1v) is 4.85. The van der Waals surface area contributed by atoms with Crippen molar-refractivity contribution in [1.29, 1.82) is 0 Å². The summed E-state index contributed by atoms with van der Waals surface area (Å²) in [7, 11) is 0. The number of nitrogens with zero attached hydrogens (tertiary/aromatic N) is 2. The van der Waals surface area contributed by atoms with Crippen LogP contribution < -0.4 is 0 Å². The largest absolute Gasteiger partial charge is 0.307 e. The van der Waals surface area contributed by atoms with Crippen LogP contribution in [0, 0.1) is 4.77 Å². The van der Waals surface area contributed by atoms with E-state index in [9.17, 15) is 0 Å². The molecule has 0 aromatic carbocycles. The Bertz CT molecular complexity index is 263. The predicted molar refractivity (Wildman–Crippen MR) is 51.6 cm³/mol. The van der Waals surface area contributed by atoms with E-state index in [0.717, 1.165) is 11.3 Å². The molecule has 0 unspecified atom stereocenters. The standard InChI is InChI=1S/C8H15N3S/c1-2-3-4-5-6-11-7-9-10-8(11)12/h7H,2-6H2,1H3,(H,10,12). The van der Waals surface area contributed by atoms with Crippen LogP contribution in [0.5, 0.6) is 0 Å². The summed E-state index contributed by atoms with van der Waals surface area (Å²) in [6.45, 7) is 3.21. The van der Waals surface area contributed by atoms with E-state index in [1.54, 1.807) is 6.33 Å². The molecular weight excluding hydrogens is 170 g/mol. The summed E-state index contributed by atoms with van der Waals surface area (Å²) in [5.41, 5.74) is 0. The van der Waals surface area contributed by atoms with E-state index >= 15 is 0 Å². The summed E-state index contributed by atoms with van der Waals surface area (Å²) in [5.74, 6) is 0. The third-order valence-corrected chi connectivity index (χ3v) is 2.20. The van der Waals surface area contributed by atoms with Gasteiger partial charge in [-0.1, -0.05) is 26.2 Å². The van der Waals surface area contributed by atoms with E-state index < -0.39 is 0 Å². The minimum absolute atomic E-state index is 0.728. The second-order valence-electron chi connectivity index (χ2n) is 2.92. The number of aromatic amines is 1. The molecule has 1 N–H and O–H groups in total. The van der Waals surface area contributed by atoms with E-state index in [1.807, 2.05) is 4.57 Å². The molecule has 1 aromatic rings. The fraction of sp³-hybridized carbons (Fsp3) is 0.750. The highest BCUT2D eigenvalue weighted by atomic mass is 32.1. The van der Waals surface area contributed by atoms with Gasteiger partial charge in [-0.3, -0.25) is 5.10 Å². The van der Waals surface area contributed by atoms with Crippen LogP contribution in [0.15, 0.2) is 6.33 Å². The number of unbranched alkanes of at least 4 members (excludes halogenated alkanes) is 3. The molecule has 4 heteroatoms. The lowest BCUT2D eigenvalue weighted by molar-refractivity contribution is 0.577. The van der Waals surface area contributed by atoms with Gasteiger partial charge in [-0.25, -0.2) is 0 Å². The smallest absolute Gasteiger partial charge is 0.194 e. The van der Waals surface area contributed by atoms with Crippen LogP contribution in [0.3, 0.4) is 0 Å². The van der Waals surface area contributed by atoms with Gasteiger partial charge in [-0.2, -0.15) is 5.10 Å². The van der Waals surface area contributed by atoms with Gasteiger partial charge in [0.15, 0.2) is 4.77 Å². The van der Waals surface area contributed by atoms with Crippen molar-refractivity contribution in [3.63, 3.8) is 0 Å². The van der Waals surface area contributed by atoms with Crippen molar-refractivity contribution in [3.05, 3.63) is 11.1 Å². The van der Waals surface area contributed by atoms with Gasteiger partial charge in [0, 0.05) is 6.54 Å². The van der Waals surface area contributed by atoms with Crippen molar-refractivity contribution in [2.75, 3.05) is 0 Å². The fourth-order valence-electron chi connectivity index (χ4n) is 1.14. The maximum Gasteiger partial charge on any atom is 0.194 e. The molecule has 68 valence electrons. The Balaban J connectivity index is 2.24. The Morgan fingerprint density at radius 3 is 2.92 bits per heavy atom. The summed E-state index contributed by atoms with van der Waals surface area (Å²) in [4.78, 5) is 0. The van der Waals surface area contributed by atoms with Crippen LogP contribution in [-0.2, 0) is 6.54 Å². The zero-order chi connectivity index (χ0) is 8.81. The first kappa shape index (κ1) is 9.45. The highest BCUT2D eigenvalue weighted by Gasteiger charge is 1.92. The van der Waals surface area contributed by atoms with E-state index in [4.69, 9.17) is 12.2 Å². The van der Waals surface area contributed by atoms with Gasteiger partial charge in [0.25, 0.3) is 0 Å². The molecule has 0 saturated carbocycles. The topological polar surface area (TPSA) is 33.6 Å². The second-order valence-corrected chi connectivity index (χ2v) is 3.30. The highest BCUT2D eigenvalue weighted by Crippen LogP contribution is 2.01. The highest BCUT2D eigenvalue weighted by molar-refractivity contribution is 7.71. The molecule has 1 heterocycles. The molecular formula is C8H15N3S. The van der Waals surface area contributed by atoms with Crippen molar-refractivity contribution in [3.8, 4) is 0 Å².